The third kappa shape index (κ3) is 3.82. The second-order valence-electron chi connectivity index (χ2n) is 6.30. The van der Waals surface area contributed by atoms with Crippen molar-refractivity contribution < 1.29 is 9.53 Å². The standard InChI is InChI=1S/C20H23NO2S/c1-15(2)20-21(18(13-23-20)16-9-5-3-6-10-16)19(22)14-24-17-11-7-4-8-12-17/h3-12,15,18,20H,13-14H2,1-2H3/t18-,20+/m1/s1. The van der Waals surface area contributed by atoms with Gasteiger partial charge in [0.05, 0.1) is 18.4 Å². The number of nitrogens with zero attached hydrogens (tertiary/aromatic N) is 1. The van der Waals surface area contributed by atoms with Crippen LogP contribution in [0.4, 0.5) is 0 Å². The van der Waals surface area contributed by atoms with Gasteiger partial charge in [-0.3, -0.25) is 4.79 Å². The fourth-order valence-electron chi connectivity index (χ4n) is 3.03. The summed E-state index contributed by atoms with van der Waals surface area (Å²) in [4.78, 5) is 16.0. The lowest BCUT2D eigenvalue weighted by Gasteiger charge is -2.30. The Bertz CT molecular complexity index is 660. The molecular weight excluding hydrogens is 318 g/mol. The van der Waals surface area contributed by atoms with Gasteiger partial charge in [0.25, 0.3) is 0 Å². The number of carbonyl (C=O) groups excluding carboxylic acids is 1. The zero-order valence-electron chi connectivity index (χ0n) is 14.1. The summed E-state index contributed by atoms with van der Waals surface area (Å²) in [5.41, 5.74) is 1.14. The van der Waals surface area contributed by atoms with Gasteiger partial charge in [-0.25, -0.2) is 0 Å². The van der Waals surface area contributed by atoms with E-state index < -0.39 is 0 Å². The van der Waals surface area contributed by atoms with Crippen molar-refractivity contribution in [1.29, 1.82) is 0 Å². The van der Waals surface area contributed by atoms with E-state index in [1.54, 1.807) is 11.8 Å². The van der Waals surface area contributed by atoms with E-state index in [9.17, 15) is 4.79 Å². The Kier molecular flexibility index (Phi) is 5.59. The average Bonchev–Trinajstić information content (AvgIpc) is 3.07. The number of carbonyl (C=O) groups is 1. The summed E-state index contributed by atoms with van der Waals surface area (Å²) in [5.74, 6) is 0.832. The van der Waals surface area contributed by atoms with Gasteiger partial charge in [0.1, 0.15) is 6.23 Å². The molecule has 1 heterocycles. The first-order chi connectivity index (χ1) is 11.7. The molecular formula is C20H23NO2S. The van der Waals surface area contributed by atoms with Crippen molar-refractivity contribution in [2.24, 2.45) is 5.92 Å². The van der Waals surface area contributed by atoms with Crippen LogP contribution < -0.4 is 0 Å². The Balaban J connectivity index is 1.76. The van der Waals surface area contributed by atoms with Gasteiger partial charge in [0.15, 0.2) is 0 Å². The number of hydrogen-bond acceptors (Lipinski definition) is 3. The molecule has 1 aliphatic rings. The molecule has 1 aliphatic heterocycles. The third-order valence-corrected chi connectivity index (χ3v) is 5.18. The number of thioether (sulfide) groups is 1. The van der Waals surface area contributed by atoms with Crippen molar-refractivity contribution in [3.05, 3.63) is 66.2 Å². The highest BCUT2D eigenvalue weighted by Crippen LogP contribution is 2.34. The van der Waals surface area contributed by atoms with Gasteiger partial charge in [0.2, 0.25) is 5.91 Å². The third-order valence-electron chi connectivity index (χ3n) is 4.18. The minimum Gasteiger partial charge on any atom is -0.355 e. The van der Waals surface area contributed by atoms with E-state index in [2.05, 4.69) is 26.0 Å². The molecule has 2 atom stereocenters. The number of hydrogen-bond donors (Lipinski definition) is 0. The highest BCUT2D eigenvalue weighted by atomic mass is 32.2. The Morgan fingerprint density at radius 1 is 1.12 bits per heavy atom. The molecule has 3 nitrogen and oxygen atoms in total. The molecule has 0 N–H and O–H groups in total. The summed E-state index contributed by atoms with van der Waals surface area (Å²) in [6.45, 7) is 4.76. The van der Waals surface area contributed by atoms with Crippen LogP contribution in [0.5, 0.6) is 0 Å². The minimum absolute atomic E-state index is 0.00229. The molecule has 0 bridgehead atoms. The molecule has 0 radical (unpaired) electrons. The van der Waals surface area contributed by atoms with Crippen LogP contribution in [0.1, 0.15) is 25.5 Å². The normalized spacial score (nSPS) is 20.5. The summed E-state index contributed by atoms with van der Waals surface area (Å²) in [6.07, 6.45) is -0.154. The van der Waals surface area contributed by atoms with Gasteiger partial charge in [-0.15, -0.1) is 11.8 Å². The number of benzene rings is 2. The molecule has 1 saturated heterocycles. The lowest BCUT2D eigenvalue weighted by atomic mass is 10.1. The van der Waals surface area contributed by atoms with E-state index >= 15 is 0 Å². The predicted molar refractivity (Wildman–Crippen MR) is 97.8 cm³/mol. The maximum Gasteiger partial charge on any atom is 0.235 e. The van der Waals surface area contributed by atoms with Gasteiger partial charge in [0, 0.05) is 4.90 Å². The Morgan fingerprint density at radius 3 is 2.38 bits per heavy atom. The molecule has 1 fully saturated rings. The SMILES string of the molecule is CC(C)[C@@H]1OC[C@H](c2ccccc2)N1C(=O)CSc1ccccc1. The van der Waals surface area contributed by atoms with Crippen LogP contribution in [0, 0.1) is 5.92 Å². The van der Waals surface area contributed by atoms with Gasteiger partial charge in [-0.1, -0.05) is 62.4 Å². The molecule has 0 aromatic heterocycles. The van der Waals surface area contributed by atoms with Crippen molar-refractivity contribution in [1.82, 2.24) is 4.90 Å². The Morgan fingerprint density at radius 2 is 1.75 bits per heavy atom. The molecule has 0 spiro atoms. The molecule has 0 aliphatic carbocycles. The summed E-state index contributed by atoms with van der Waals surface area (Å²) < 4.78 is 5.96. The Hall–Kier alpha value is -1.78. The molecule has 0 unspecified atom stereocenters. The van der Waals surface area contributed by atoms with Crippen LogP contribution in [-0.2, 0) is 9.53 Å². The van der Waals surface area contributed by atoms with E-state index in [-0.39, 0.29) is 24.1 Å². The van der Waals surface area contributed by atoms with E-state index in [0.717, 1.165) is 10.5 Å². The first kappa shape index (κ1) is 17.1. The van der Waals surface area contributed by atoms with Crippen LogP contribution >= 0.6 is 11.8 Å². The van der Waals surface area contributed by atoms with Crippen molar-refractivity contribution in [2.75, 3.05) is 12.4 Å². The molecule has 126 valence electrons. The van der Waals surface area contributed by atoms with Gasteiger partial charge < -0.3 is 9.64 Å². The second kappa shape index (κ2) is 7.86. The van der Waals surface area contributed by atoms with E-state index in [1.807, 2.05) is 53.4 Å². The van der Waals surface area contributed by atoms with Crippen LogP contribution in [0.25, 0.3) is 0 Å². The summed E-state index contributed by atoms with van der Waals surface area (Å²) in [6, 6.07) is 20.2. The van der Waals surface area contributed by atoms with E-state index in [0.29, 0.717) is 12.4 Å². The maximum atomic E-state index is 12.9. The predicted octanol–water partition coefficient (Wildman–Crippen LogP) is 4.36. The lowest BCUT2D eigenvalue weighted by Crippen LogP contribution is -2.41. The van der Waals surface area contributed by atoms with E-state index in [4.69, 9.17) is 4.74 Å². The first-order valence-corrected chi connectivity index (χ1v) is 9.31. The monoisotopic (exact) mass is 341 g/mol. The summed E-state index contributed by atoms with van der Waals surface area (Å²) in [5, 5.41) is 0. The molecule has 2 aromatic rings. The smallest absolute Gasteiger partial charge is 0.235 e. The number of rotatable bonds is 5. The molecule has 24 heavy (non-hydrogen) atoms. The minimum atomic E-state index is -0.154. The molecule has 0 saturated carbocycles. The molecule has 1 amide bonds. The average molecular weight is 341 g/mol. The van der Waals surface area contributed by atoms with Crippen molar-refractivity contribution in [3.8, 4) is 0 Å². The van der Waals surface area contributed by atoms with Crippen LogP contribution in [0.2, 0.25) is 0 Å². The van der Waals surface area contributed by atoms with Crippen LogP contribution in [0.15, 0.2) is 65.6 Å². The summed E-state index contributed by atoms with van der Waals surface area (Å²) in [7, 11) is 0. The number of amides is 1. The molecule has 2 aromatic carbocycles. The highest BCUT2D eigenvalue weighted by molar-refractivity contribution is 8.00. The first-order valence-electron chi connectivity index (χ1n) is 8.32. The Labute approximate surface area is 148 Å². The van der Waals surface area contributed by atoms with Gasteiger partial charge in [-0.2, -0.15) is 0 Å². The topological polar surface area (TPSA) is 29.5 Å². The van der Waals surface area contributed by atoms with Crippen molar-refractivity contribution in [2.45, 2.75) is 31.0 Å². The zero-order valence-corrected chi connectivity index (χ0v) is 14.9. The van der Waals surface area contributed by atoms with Crippen molar-refractivity contribution >= 4 is 17.7 Å². The molecule has 3 rings (SSSR count). The lowest BCUT2D eigenvalue weighted by molar-refractivity contribution is -0.137. The fraction of sp³-hybridized carbons (Fsp3) is 0.350. The summed E-state index contributed by atoms with van der Waals surface area (Å²) >= 11 is 1.58. The van der Waals surface area contributed by atoms with Crippen LogP contribution in [-0.4, -0.2) is 29.4 Å². The van der Waals surface area contributed by atoms with Gasteiger partial charge >= 0.3 is 0 Å². The quantitative estimate of drug-likeness (QED) is 0.757. The number of ether oxygens (including phenoxy) is 1. The van der Waals surface area contributed by atoms with Crippen molar-refractivity contribution in [3.63, 3.8) is 0 Å². The zero-order chi connectivity index (χ0) is 16.9. The maximum absolute atomic E-state index is 12.9. The van der Waals surface area contributed by atoms with E-state index in [1.165, 1.54) is 0 Å². The highest BCUT2D eigenvalue weighted by Gasteiger charge is 2.39. The van der Waals surface area contributed by atoms with Crippen LogP contribution in [0.3, 0.4) is 0 Å². The van der Waals surface area contributed by atoms with Gasteiger partial charge in [-0.05, 0) is 23.6 Å². The largest absolute Gasteiger partial charge is 0.355 e. The second-order valence-corrected chi connectivity index (χ2v) is 7.35. The molecule has 4 heteroatoms. The fourth-order valence-corrected chi connectivity index (χ4v) is 3.81.